The molecule has 1 nitrogen and oxygen atoms in total. The first-order valence-corrected chi connectivity index (χ1v) is 8.91. The van der Waals surface area contributed by atoms with Crippen LogP contribution in [0.4, 0.5) is 5.69 Å². The van der Waals surface area contributed by atoms with Gasteiger partial charge in [0.2, 0.25) is 0 Å². The first kappa shape index (κ1) is 9.80. The van der Waals surface area contributed by atoms with E-state index in [9.17, 15) is 0 Å². The maximum absolute atomic E-state index is 3.51. The highest BCUT2D eigenvalue weighted by Gasteiger charge is 2.12. The molecule has 1 aromatic heterocycles. The number of anilines is 1. The summed E-state index contributed by atoms with van der Waals surface area (Å²) >= 11 is 1.77. The van der Waals surface area contributed by atoms with Crippen LogP contribution in [-0.4, -0.2) is 14.2 Å². The number of nitrogens with one attached hydrogen (secondary N) is 1. The number of thiophene rings is 1. The van der Waals surface area contributed by atoms with Crippen LogP contribution in [0.25, 0.3) is 0 Å². The van der Waals surface area contributed by atoms with Gasteiger partial charge in [-0.15, -0.1) is 11.3 Å². The SMILES string of the molecule is Cc1cscc1NC[Si](C)(C)C. The first-order chi connectivity index (χ1) is 5.49. The molecule has 0 atom stereocenters. The van der Waals surface area contributed by atoms with Crippen molar-refractivity contribution in [2.24, 2.45) is 0 Å². The van der Waals surface area contributed by atoms with Crippen LogP contribution in [0.5, 0.6) is 0 Å². The summed E-state index contributed by atoms with van der Waals surface area (Å²) < 4.78 is 0. The average molecular weight is 199 g/mol. The quantitative estimate of drug-likeness (QED) is 0.736. The average Bonchev–Trinajstić information content (AvgIpc) is 2.29. The Morgan fingerprint density at radius 2 is 2.00 bits per heavy atom. The van der Waals surface area contributed by atoms with Gasteiger partial charge < -0.3 is 5.32 Å². The Hall–Kier alpha value is -0.283. The molecule has 0 saturated carbocycles. The summed E-state index contributed by atoms with van der Waals surface area (Å²) in [5.74, 6) is 0. The van der Waals surface area contributed by atoms with E-state index in [1.54, 1.807) is 11.3 Å². The summed E-state index contributed by atoms with van der Waals surface area (Å²) in [5.41, 5.74) is 2.70. The maximum Gasteiger partial charge on any atom is 0.0662 e. The molecule has 1 rings (SSSR count). The van der Waals surface area contributed by atoms with Crippen LogP contribution < -0.4 is 5.32 Å². The normalized spacial score (nSPS) is 11.7. The molecule has 0 aromatic carbocycles. The lowest BCUT2D eigenvalue weighted by molar-refractivity contribution is 1.35. The Morgan fingerprint density at radius 3 is 2.42 bits per heavy atom. The molecule has 0 unspecified atom stereocenters. The van der Waals surface area contributed by atoms with Crippen molar-refractivity contribution in [2.45, 2.75) is 26.6 Å². The van der Waals surface area contributed by atoms with Gasteiger partial charge in [-0.1, -0.05) is 19.6 Å². The summed E-state index contributed by atoms with van der Waals surface area (Å²) in [6.07, 6.45) is 1.17. The van der Waals surface area contributed by atoms with E-state index in [0.29, 0.717) is 0 Å². The molecule has 0 bridgehead atoms. The predicted molar refractivity (Wildman–Crippen MR) is 60.9 cm³/mol. The number of hydrogen-bond donors (Lipinski definition) is 1. The topological polar surface area (TPSA) is 12.0 Å². The second-order valence-electron chi connectivity index (χ2n) is 4.38. The molecular formula is C9H17NSSi. The van der Waals surface area contributed by atoms with Crippen molar-refractivity contribution < 1.29 is 0 Å². The first-order valence-electron chi connectivity index (χ1n) is 4.26. The van der Waals surface area contributed by atoms with Gasteiger partial charge in [0, 0.05) is 17.2 Å². The van der Waals surface area contributed by atoms with Gasteiger partial charge in [0.15, 0.2) is 0 Å². The third-order valence-corrected chi connectivity index (χ3v) is 3.76. The van der Waals surface area contributed by atoms with E-state index in [1.165, 1.54) is 17.4 Å². The highest BCUT2D eigenvalue weighted by atomic mass is 32.1. The van der Waals surface area contributed by atoms with Gasteiger partial charge in [-0.2, -0.15) is 0 Å². The van der Waals surface area contributed by atoms with Crippen LogP contribution in [0.2, 0.25) is 19.6 Å². The molecule has 1 N–H and O–H groups in total. The summed E-state index contributed by atoms with van der Waals surface area (Å²) in [4.78, 5) is 0. The molecule has 0 radical (unpaired) electrons. The molecule has 1 aromatic rings. The van der Waals surface area contributed by atoms with E-state index in [4.69, 9.17) is 0 Å². The molecule has 0 aliphatic heterocycles. The lowest BCUT2D eigenvalue weighted by atomic mass is 10.3. The molecule has 0 aliphatic carbocycles. The van der Waals surface area contributed by atoms with Crippen molar-refractivity contribution in [1.82, 2.24) is 0 Å². The van der Waals surface area contributed by atoms with Crippen LogP contribution in [0.1, 0.15) is 5.56 Å². The Bertz CT molecular complexity index is 249. The van der Waals surface area contributed by atoms with Gasteiger partial charge >= 0.3 is 0 Å². The fraction of sp³-hybridized carbons (Fsp3) is 0.556. The highest BCUT2D eigenvalue weighted by molar-refractivity contribution is 7.08. The van der Waals surface area contributed by atoms with Crippen LogP contribution in [0.15, 0.2) is 10.8 Å². The molecule has 0 spiro atoms. The minimum Gasteiger partial charge on any atom is -0.387 e. The molecule has 0 amide bonds. The maximum atomic E-state index is 3.51. The summed E-state index contributed by atoms with van der Waals surface area (Å²) in [5, 5.41) is 7.88. The van der Waals surface area contributed by atoms with Crippen molar-refractivity contribution >= 4 is 25.1 Å². The van der Waals surface area contributed by atoms with Crippen LogP contribution in [0, 0.1) is 6.92 Å². The summed E-state index contributed by atoms with van der Waals surface area (Å²) in [6.45, 7) is 9.29. The van der Waals surface area contributed by atoms with E-state index in [0.717, 1.165) is 0 Å². The Labute approximate surface area is 79.8 Å². The van der Waals surface area contributed by atoms with Crippen LogP contribution in [-0.2, 0) is 0 Å². The minimum absolute atomic E-state index is 0.943. The third-order valence-electron chi connectivity index (χ3n) is 1.66. The summed E-state index contributed by atoms with van der Waals surface area (Å²) in [7, 11) is -0.943. The molecule has 0 saturated heterocycles. The van der Waals surface area contributed by atoms with E-state index in [-0.39, 0.29) is 0 Å². The third kappa shape index (κ3) is 2.99. The van der Waals surface area contributed by atoms with Crippen molar-refractivity contribution in [3.05, 3.63) is 16.3 Å². The van der Waals surface area contributed by atoms with Crippen molar-refractivity contribution in [3.8, 4) is 0 Å². The molecule has 0 aliphatic rings. The van der Waals surface area contributed by atoms with E-state index in [2.05, 4.69) is 42.6 Å². The van der Waals surface area contributed by atoms with Gasteiger partial charge in [0.1, 0.15) is 0 Å². The zero-order valence-electron chi connectivity index (χ0n) is 8.27. The van der Waals surface area contributed by atoms with E-state index >= 15 is 0 Å². The Balaban J connectivity index is 2.49. The highest BCUT2D eigenvalue weighted by Crippen LogP contribution is 2.19. The number of aryl methyl sites for hydroxylation is 1. The minimum atomic E-state index is -0.943. The molecular weight excluding hydrogens is 182 g/mol. The zero-order chi connectivity index (χ0) is 9.19. The second kappa shape index (κ2) is 3.62. The standard InChI is InChI=1S/C9H17NSSi/c1-8-5-11-6-9(8)10-7-12(2,3)4/h5-6,10H,7H2,1-4H3. The van der Waals surface area contributed by atoms with Crippen LogP contribution in [0.3, 0.4) is 0 Å². The van der Waals surface area contributed by atoms with Crippen LogP contribution >= 0.6 is 11.3 Å². The second-order valence-corrected chi connectivity index (χ2v) is 10.6. The number of rotatable bonds is 3. The van der Waals surface area contributed by atoms with Gasteiger partial charge in [-0.05, 0) is 17.9 Å². The van der Waals surface area contributed by atoms with Gasteiger partial charge in [-0.25, -0.2) is 0 Å². The number of hydrogen-bond acceptors (Lipinski definition) is 2. The predicted octanol–water partition coefficient (Wildman–Crippen LogP) is 3.35. The van der Waals surface area contributed by atoms with Gasteiger partial charge in [0.25, 0.3) is 0 Å². The Kier molecular flexibility index (Phi) is 2.96. The van der Waals surface area contributed by atoms with E-state index in [1.807, 2.05) is 0 Å². The van der Waals surface area contributed by atoms with Gasteiger partial charge in [-0.3, -0.25) is 0 Å². The largest absolute Gasteiger partial charge is 0.387 e. The lowest BCUT2D eigenvalue weighted by Crippen LogP contribution is -2.31. The van der Waals surface area contributed by atoms with Gasteiger partial charge in [0.05, 0.1) is 8.07 Å². The lowest BCUT2D eigenvalue weighted by Gasteiger charge is -2.17. The van der Waals surface area contributed by atoms with Crippen molar-refractivity contribution in [3.63, 3.8) is 0 Å². The molecule has 1 heterocycles. The molecule has 3 heteroatoms. The summed E-state index contributed by atoms with van der Waals surface area (Å²) in [6, 6.07) is 0. The van der Waals surface area contributed by atoms with Crippen molar-refractivity contribution in [2.75, 3.05) is 11.5 Å². The van der Waals surface area contributed by atoms with E-state index < -0.39 is 8.07 Å². The fourth-order valence-corrected chi connectivity index (χ4v) is 2.43. The molecule has 68 valence electrons. The smallest absolute Gasteiger partial charge is 0.0662 e. The fourth-order valence-electron chi connectivity index (χ4n) is 0.902. The zero-order valence-corrected chi connectivity index (χ0v) is 10.1. The van der Waals surface area contributed by atoms with Crippen molar-refractivity contribution in [1.29, 1.82) is 0 Å². The monoisotopic (exact) mass is 199 g/mol. The molecule has 12 heavy (non-hydrogen) atoms. The molecule has 0 fully saturated rings. The Morgan fingerprint density at radius 1 is 1.33 bits per heavy atom.